The molecule has 2 aromatic carbocycles. The van der Waals surface area contributed by atoms with Gasteiger partial charge in [0.05, 0.1) is 6.61 Å². The van der Waals surface area contributed by atoms with Gasteiger partial charge >= 0.3 is 0 Å². The van der Waals surface area contributed by atoms with E-state index in [0.717, 1.165) is 12.0 Å². The molecule has 0 saturated carbocycles. The summed E-state index contributed by atoms with van der Waals surface area (Å²) < 4.78 is 13.5. The molecule has 0 bridgehead atoms. The third-order valence-corrected chi connectivity index (χ3v) is 3.08. The van der Waals surface area contributed by atoms with Crippen molar-refractivity contribution in [1.82, 2.24) is 5.32 Å². The molecule has 0 aliphatic carbocycles. The highest BCUT2D eigenvalue weighted by Crippen LogP contribution is 2.07. The largest absolute Gasteiger partial charge is 0.395 e. The number of hydrogen-bond acceptors (Lipinski definition) is 2. The van der Waals surface area contributed by atoms with Gasteiger partial charge in [-0.3, -0.25) is 0 Å². The van der Waals surface area contributed by atoms with Crippen molar-refractivity contribution in [2.75, 3.05) is 6.61 Å². The number of benzene rings is 2. The van der Waals surface area contributed by atoms with Crippen molar-refractivity contribution < 1.29 is 9.50 Å². The molecule has 3 heteroatoms. The van der Waals surface area contributed by atoms with Crippen LogP contribution in [0.15, 0.2) is 54.6 Å². The van der Waals surface area contributed by atoms with Gasteiger partial charge in [0.1, 0.15) is 5.82 Å². The van der Waals surface area contributed by atoms with E-state index < -0.39 is 0 Å². The van der Waals surface area contributed by atoms with Crippen molar-refractivity contribution in [3.63, 3.8) is 0 Å². The normalized spacial score (nSPS) is 12.3. The maximum Gasteiger partial charge on any atom is 0.127 e. The summed E-state index contributed by atoms with van der Waals surface area (Å²) in [6.45, 7) is 0.452. The average molecular weight is 259 g/mol. The van der Waals surface area contributed by atoms with Gasteiger partial charge in [-0.15, -0.1) is 0 Å². The molecule has 2 rings (SSSR count). The second kappa shape index (κ2) is 7.02. The summed E-state index contributed by atoms with van der Waals surface area (Å²) in [5, 5.41) is 12.6. The first kappa shape index (κ1) is 13.7. The lowest BCUT2D eigenvalue weighted by Gasteiger charge is -2.16. The third kappa shape index (κ3) is 4.16. The molecule has 0 aliphatic heterocycles. The van der Waals surface area contributed by atoms with Crippen LogP contribution in [0.5, 0.6) is 0 Å². The van der Waals surface area contributed by atoms with Crippen molar-refractivity contribution in [2.24, 2.45) is 0 Å². The van der Waals surface area contributed by atoms with Crippen LogP contribution in [0.2, 0.25) is 0 Å². The summed E-state index contributed by atoms with van der Waals surface area (Å²) in [5.41, 5.74) is 1.77. The number of nitrogens with one attached hydrogen (secondary N) is 1. The number of aliphatic hydroxyl groups excluding tert-OH is 1. The van der Waals surface area contributed by atoms with Gasteiger partial charge in [0.25, 0.3) is 0 Å². The second-order valence-corrected chi connectivity index (χ2v) is 4.54. The molecule has 0 saturated heterocycles. The Hall–Kier alpha value is -1.71. The fraction of sp³-hybridized carbons (Fsp3) is 0.250. The van der Waals surface area contributed by atoms with E-state index in [2.05, 4.69) is 5.32 Å². The van der Waals surface area contributed by atoms with E-state index in [4.69, 9.17) is 0 Å². The summed E-state index contributed by atoms with van der Waals surface area (Å²) in [6, 6.07) is 16.6. The van der Waals surface area contributed by atoms with E-state index in [9.17, 15) is 9.50 Å². The Bertz CT molecular complexity index is 501. The molecular formula is C16H18FNO. The van der Waals surface area contributed by atoms with Crippen LogP contribution in [0, 0.1) is 5.82 Å². The van der Waals surface area contributed by atoms with E-state index in [0.29, 0.717) is 12.1 Å². The Kier molecular flexibility index (Phi) is 5.07. The Morgan fingerprint density at radius 2 is 1.68 bits per heavy atom. The number of halogens is 1. The van der Waals surface area contributed by atoms with Crippen molar-refractivity contribution in [2.45, 2.75) is 19.0 Å². The molecular weight excluding hydrogens is 241 g/mol. The highest BCUT2D eigenvalue weighted by atomic mass is 19.1. The van der Waals surface area contributed by atoms with Crippen LogP contribution in [0.4, 0.5) is 4.39 Å². The standard InChI is InChI=1S/C16H18FNO/c17-16-9-5-4-8-14(16)11-18-15(12-19)10-13-6-2-1-3-7-13/h1-9,15,18-19H,10-12H2/t15-/m0/s1. The number of aliphatic hydroxyl groups is 1. The topological polar surface area (TPSA) is 32.3 Å². The predicted octanol–water partition coefficient (Wildman–Crippen LogP) is 2.52. The lowest BCUT2D eigenvalue weighted by atomic mass is 10.1. The molecule has 0 unspecified atom stereocenters. The summed E-state index contributed by atoms with van der Waals surface area (Å²) in [7, 11) is 0. The van der Waals surface area contributed by atoms with Gasteiger partial charge in [0.15, 0.2) is 0 Å². The molecule has 0 fully saturated rings. The lowest BCUT2D eigenvalue weighted by Crippen LogP contribution is -2.34. The zero-order valence-electron chi connectivity index (χ0n) is 10.7. The first-order valence-electron chi connectivity index (χ1n) is 6.41. The molecule has 100 valence electrons. The Balaban J connectivity index is 1.91. The van der Waals surface area contributed by atoms with Crippen LogP contribution in [-0.4, -0.2) is 17.8 Å². The van der Waals surface area contributed by atoms with Crippen LogP contribution >= 0.6 is 0 Å². The van der Waals surface area contributed by atoms with Crippen molar-refractivity contribution >= 4 is 0 Å². The van der Waals surface area contributed by atoms with Gasteiger partial charge in [0.2, 0.25) is 0 Å². The molecule has 0 radical (unpaired) electrons. The van der Waals surface area contributed by atoms with Gasteiger partial charge in [-0.25, -0.2) is 4.39 Å². The fourth-order valence-electron chi connectivity index (χ4n) is 2.00. The van der Waals surface area contributed by atoms with E-state index >= 15 is 0 Å². The molecule has 2 N–H and O–H groups in total. The summed E-state index contributed by atoms with van der Waals surface area (Å²) >= 11 is 0. The van der Waals surface area contributed by atoms with E-state index in [1.54, 1.807) is 12.1 Å². The lowest BCUT2D eigenvalue weighted by molar-refractivity contribution is 0.240. The fourth-order valence-corrected chi connectivity index (χ4v) is 2.00. The molecule has 0 amide bonds. The monoisotopic (exact) mass is 259 g/mol. The minimum Gasteiger partial charge on any atom is -0.395 e. The number of hydrogen-bond donors (Lipinski definition) is 2. The number of rotatable bonds is 6. The van der Waals surface area contributed by atoms with Gasteiger partial charge in [-0.05, 0) is 18.1 Å². The maximum absolute atomic E-state index is 13.5. The Morgan fingerprint density at radius 3 is 2.37 bits per heavy atom. The van der Waals surface area contributed by atoms with Crippen LogP contribution in [0.3, 0.4) is 0 Å². The van der Waals surface area contributed by atoms with E-state index in [1.165, 1.54) is 6.07 Å². The van der Waals surface area contributed by atoms with Crippen molar-refractivity contribution in [1.29, 1.82) is 0 Å². The second-order valence-electron chi connectivity index (χ2n) is 4.54. The molecule has 19 heavy (non-hydrogen) atoms. The van der Waals surface area contributed by atoms with Gasteiger partial charge in [-0.1, -0.05) is 48.5 Å². The Labute approximate surface area is 112 Å². The first-order chi connectivity index (χ1) is 9.29. The molecule has 0 aliphatic rings. The van der Waals surface area contributed by atoms with Crippen molar-refractivity contribution in [3.05, 3.63) is 71.5 Å². The third-order valence-electron chi connectivity index (χ3n) is 3.08. The van der Waals surface area contributed by atoms with Crippen molar-refractivity contribution in [3.8, 4) is 0 Å². The highest BCUT2D eigenvalue weighted by molar-refractivity contribution is 5.18. The minimum atomic E-state index is -0.216. The summed E-state index contributed by atoms with van der Waals surface area (Å²) in [6.07, 6.45) is 0.728. The average Bonchev–Trinajstić information content (AvgIpc) is 2.46. The predicted molar refractivity (Wildman–Crippen MR) is 74.3 cm³/mol. The smallest absolute Gasteiger partial charge is 0.127 e. The summed E-state index contributed by atoms with van der Waals surface area (Å²) in [4.78, 5) is 0. The van der Waals surface area contributed by atoms with Crippen LogP contribution in [0.25, 0.3) is 0 Å². The zero-order valence-corrected chi connectivity index (χ0v) is 10.7. The molecule has 0 aromatic heterocycles. The Morgan fingerprint density at radius 1 is 1.00 bits per heavy atom. The van der Waals surface area contributed by atoms with Gasteiger partial charge in [-0.2, -0.15) is 0 Å². The van der Waals surface area contributed by atoms with E-state index in [-0.39, 0.29) is 18.5 Å². The zero-order chi connectivity index (χ0) is 13.5. The van der Waals surface area contributed by atoms with Gasteiger partial charge in [0, 0.05) is 18.2 Å². The molecule has 0 heterocycles. The minimum absolute atomic E-state index is 0.0311. The van der Waals surface area contributed by atoms with Crippen LogP contribution in [-0.2, 0) is 13.0 Å². The highest BCUT2D eigenvalue weighted by Gasteiger charge is 2.09. The molecule has 2 nitrogen and oxygen atoms in total. The molecule has 0 spiro atoms. The quantitative estimate of drug-likeness (QED) is 0.835. The molecule has 2 aromatic rings. The van der Waals surface area contributed by atoms with Crippen LogP contribution in [0.1, 0.15) is 11.1 Å². The van der Waals surface area contributed by atoms with Crippen LogP contribution < -0.4 is 5.32 Å². The maximum atomic E-state index is 13.5. The molecule has 1 atom stereocenters. The van der Waals surface area contributed by atoms with E-state index in [1.807, 2.05) is 36.4 Å². The van der Waals surface area contributed by atoms with Gasteiger partial charge < -0.3 is 10.4 Å². The summed E-state index contributed by atoms with van der Waals surface area (Å²) in [5.74, 6) is -0.216. The first-order valence-corrected chi connectivity index (χ1v) is 6.41. The SMILES string of the molecule is OC[C@H](Cc1ccccc1)NCc1ccccc1F.